The number of thioether (sulfide) groups is 1. The maximum absolute atomic E-state index is 12.0. The third-order valence-corrected chi connectivity index (χ3v) is 3.92. The minimum absolute atomic E-state index is 0.335. The smallest absolute Gasteiger partial charge is 0.305 e. The van der Waals surface area contributed by atoms with Gasteiger partial charge in [0.2, 0.25) is 5.91 Å². The van der Waals surface area contributed by atoms with Crippen molar-refractivity contribution in [3.8, 4) is 0 Å². The maximum atomic E-state index is 12.0. The second-order valence-corrected chi connectivity index (χ2v) is 5.32. The van der Waals surface area contributed by atoms with E-state index >= 15 is 0 Å². The number of aliphatic carboxylic acids is 1. The highest BCUT2D eigenvalue weighted by atomic mass is 32.2. The van der Waals surface area contributed by atoms with Gasteiger partial charge in [0.1, 0.15) is 5.25 Å². The topological polar surface area (TPSA) is 74.7 Å². The van der Waals surface area contributed by atoms with Crippen molar-refractivity contribution >= 4 is 34.6 Å². The number of benzene rings is 1. The Morgan fingerprint density at radius 1 is 1.32 bits per heavy atom. The molecule has 2 rings (SSSR count). The number of carboxylic acids is 1. The van der Waals surface area contributed by atoms with Gasteiger partial charge in [-0.25, -0.2) is 4.90 Å². The molecule has 0 unspecified atom stereocenters. The van der Waals surface area contributed by atoms with Crippen molar-refractivity contribution in [2.75, 3.05) is 4.90 Å². The first-order chi connectivity index (χ1) is 9.02. The van der Waals surface area contributed by atoms with E-state index in [1.807, 2.05) is 19.1 Å². The fraction of sp³-hybridized carbons (Fsp3) is 0.308. The van der Waals surface area contributed by atoms with E-state index in [9.17, 15) is 14.4 Å². The summed E-state index contributed by atoms with van der Waals surface area (Å²) in [5.41, 5.74) is 1.60. The predicted octanol–water partition coefficient (Wildman–Crippen LogP) is 2.29. The van der Waals surface area contributed by atoms with Crippen molar-refractivity contribution in [1.82, 2.24) is 0 Å². The van der Waals surface area contributed by atoms with Crippen molar-refractivity contribution < 1.29 is 19.5 Å². The number of aryl methyl sites for hydroxylation is 1. The van der Waals surface area contributed by atoms with E-state index in [0.29, 0.717) is 5.69 Å². The molecule has 0 spiro atoms. The van der Waals surface area contributed by atoms with Crippen LogP contribution in [0.5, 0.6) is 0 Å². The lowest BCUT2D eigenvalue weighted by Gasteiger charge is -2.13. The van der Waals surface area contributed by atoms with E-state index in [1.165, 1.54) is 0 Å². The summed E-state index contributed by atoms with van der Waals surface area (Å²) >= 11 is 0.772. The number of carbonyl (C=O) groups excluding carboxylic acids is 2. The second kappa shape index (κ2) is 5.44. The Hall–Kier alpha value is -1.82. The number of amides is 2. The van der Waals surface area contributed by atoms with E-state index in [1.54, 1.807) is 12.1 Å². The van der Waals surface area contributed by atoms with Crippen LogP contribution in [0.4, 0.5) is 10.5 Å². The third-order valence-electron chi connectivity index (χ3n) is 2.88. The molecule has 0 radical (unpaired) electrons. The van der Waals surface area contributed by atoms with Crippen LogP contribution in [-0.2, 0) is 16.0 Å². The molecular formula is C13H13NO4S. The molecule has 0 saturated carbocycles. The zero-order valence-electron chi connectivity index (χ0n) is 10.3. The molecule has 1 aromatic rings. The molecule has 1 fully saturated rings. The van der Waals surface area contributed by atoms with Gasteiger partial charge in [0, 0.05) is 0 Å². The van der Waals surface area contributed by atoms with E-state index in [4.69, 9.17) is 5.11 Å². The van der Waals surface area contributed by atoms with E-state index < -0.39 is 22.4 Å². The maximum Gasteiger partial charge on any atom is 0.305 e. The van der Waals surface area contributed by atoms with Crippen LogP contribution in [0.1, 0.15) is 18.9 Å². The highest BCUT2D eigenvalue weighted by Gasteiger charge is 2.41. The highest BCUT2D eigenvalue weighted by Crippen LogP contribution is 2.33. The normalized spacial score (nSPS) is 19.0. The number of rotatable bonds is 4. The number of imide groups is 1. The van der Waals surface area contributed by atoms with Gasteiger partial charge in [0.15, 0.2) is 0 Å². The van der Waals surface area contributed by atoms with Gasteiger partial charge in [-0.2, -0.15) is 0 Å². The highest BCUT2D eigenvalue weighted by molar-refractivity contribution is 8.15. The summed E-state index contributed by atoms with van der Waals surface area (Å²) in [6.45, 7) is 2.01. The molecule has 6 heteroatoms. The van der Waals surface area contributed by atoms with Crippen molar-refractivity contribution in [2.45, 2.75) is 25.0 Å². The van der Waals surface area contributed by atoms with Crippen LogP contribution in [0.15, 0.2) is 24.3 Å². The number of nitrogens with zero attached hydrogens (tertiary/aromatic N) is 1. The van der Waals surface area contributed by atoms with Gasteiger partial charge < -0.3 is 5.11 Å². The number of carboxylic acid groups (broad SMARTS) is 1. The van der Waals surface area contributed by atoms with Gasteiger partial charge in [0.05, 0.1) is 12.1 Å². The Kier molecular flexibility index (Phi) is 3.90. The fourth-order valence-electron chi connectivity index (χ4n) is 1.86. The van der Waals surface area contributed by atoms with Crippen LogP contribution in [0.2, 0.25) is 0 Å². The van der Waals surface area contributed by atoms with Crippen LogP contribution in [0.3, 0.4) is 0 Å². The van der Waals surface area contributed by atoms with Gasteiger partial charge in [-0.05, 0) is 35.9 Å². The summed E-state index contributed by atoms with van der Waals surface area (Å²) in [5.74, 6) is -1.54. The molecule has 19 heavy (non-hydrogen) atoms. The molecule has 1 aromatic carbocycles. The van der Waals surface area contributed by atoms with Crippen molar-refractivity contribution in [3.05, 3.63) is 29.8 Å². The predicted molar refractivity (Wildman–Crippen MR) is 72.3 cm³/mol. The van der Waals surface area contributed by atoms with Crippen molar-refractivity contribution in [1.29, 1.82) is 0 Å². The Morgan fingerprint density at radius 2 is 1.95 bits per heavy atom. The Bertz CT molecular complexity index is 526. The van der Waals surface area contributed by atoms with Crippen molar-refractivity contribution in [3.63, 3.8) is 0 Å². The largest absolute Gasteiger partial charge is 0.481 e. The summed E-state index contributed by atoms with van der Waals surface area (Å²) in [6.07, 6.45) is 0.539. The molecule has 0 aliphatic carbocycles. The first kappa shape index (κ1) is 13.6. The Labute approximate surface area is 114 Å². The van der Waals surface area contributed by atoms with Gasteiger partial charge in [-0.15, -0.1) is 0 Å². The molecule has 1 aliphatic rings. The monoisotopic (exact) mass is 279 g/mol. The SMILES string of the molecule is CCc1ccc(N2C(=O)S[C@H](CC(=O)O)C2=O)cc1. The van der Waals surface area contributed by atoms with E-state index in [-0.39, 0.29) is 6.42 Å². The molecule has 2 amide bonds. The second-order valence-electron chi connectivity index (χ2n) is 4.16. The number of anilines is 1. The third kappa shape index (κ3) is 2.78. The zero-order valence-corrected chi connectivity index (χ0v) is 11.1. The molecular weight excluding hydrogens is 266 g/mol. The average molecular weight is 279 g/mol. The first-order valence-corrected chi connectivity index (χ1v) is 6.76. The minimum atomic E-state index is -1.08. The first-order valence-electron chi connectivity index (χ1n) is 5.88. The quantitative estimate of drug-likeness (QED) is 0.915. The molecule has 5 nitrogen and oxygen atoms in total. The molecule has 0 bridgehead atoms. The lowest BCUT2D eigenvalue weighted by Crippen LogP contribution is -2.32. The average Bonchev–Trinajstić information content (AvgIpc) is 2.64. The lowest BCUT2D eigenvalue weighted by molar-refractivity contribution is -0.138. The molecule has 100 valence electrons. The molecule has 1 heterocycles. The summed E-state index contributed by atoms with van der Waals surface area (Å²) in [4.78, 5) is 35.5. The fourth-order valence-corrected chi connectivity index (χ4v) is 2.84. The lowest BCUT2D eigenvalue weighted by atomic mass is 10.1. The number of hydrogen-bond acceptors (Lipinski definition) is 4. The molecule has 1 aliphatic heterocycles. The summed E-state index contributed by atoms with van der Waals surface area (Å²) in [5, 5.41) is 7.47. The summed E-state index contributed by atoms with van der Waals surface area (Å²) < 4.78 is 0. The summed E-state index contributed by atoms with van der Waals surface area (Å²) in [6, 6.07) is 7.12. The van der Waals surface area contributed by atoms with Crippen LogP contribution < -0.4 is 4.90 Å². The standard InChI is InChI=1S/C13H13NO4S/c1-2-8-3-5-9(6-4-8)14-12(17)10(7-11(15)16)19-13(14)18/h3-6,10H,2,7H2,1H3,(H,15,16)/t10-/m1/s1. The molecule has 0 aromatic heterocycles. The van der Waals surface area contributed by atoms with Crippen LogP contribution in [0.25, 0.3) is 0 Å². The summed E-state index contributed by atoms with van der Waals surface area (Å²) in [7, 11) is 0. The number of carbonyl (C=O) groups is 3. The molecule has 1 N–H and O–H groups in total. The van der Waals surface area contributed by atoms with Crippen LogP contribution in [0, 0.1) is 0 Å². The van der Waals surface area contributed by atoms with Gasteiger partial charge in [0.25, 0.3) is 5.24 Å². The van der Waals surface area contributed by atoms with Crippen LogP contribution in [-0.4, -0.2) is 27.5 Å². The van der Waals surface area contributed by atoms with Crippen molar-refractivity contribution in [2.24, 2.45) is 0 Å². The van der Waals surface area contributed by atoms with E-state index in [2.05, 4.69) is 0 Å². The van der Waals surface area contributed by atoms with Gasteiger partial charge in [-0.1, -0.05) is 19.1 Å². The Morgan fingerprint density at radius 3 is 2.47 bits per heavy atom. The van der Waals surface area contributed by atoms with E-state index in [0.717, 1.165) is 28.6 Å². The zero-order chi connectivity index (χ0) is 14.0. The molecule has 1 saturated heterocycles. The van der Waals surface area contributed by atoms with Crippen LogP contribution >= 0.6 is 11.8 Å². The molecule has 1 atom stereocenters. The van der Waals surface area contributed by atoms with Gasteiger partial charge >= 0.3 is 5.97 Å². The Balaban J connectivity index is 2.21. The van der Waals surface area contributed by atoms with Gasteiger partial charge in [-0.3, -0.25) is 14.4 Å². The number of hydrogen-bond donors (Lipinski definition) is 1. The minimum Gasteiger partial charge on any atom is -0.481 e.